The Morgan fingerprint density at radius 1 is 1.53 bits per heavy atom. The highest BCUT2D eigenvalue weighted by Gasteiger charge is 2.15. The standard InChI is InChI=1S/C10H6BrClN4O3/c11-6-3-5(4-13-9(6)12)14-10(17)7-1-2-8(15-7)16(18)19/h1-4,15H,(H,14,17). The smallest absolute Gasteiger partial charge is 0.321 e. The summed E-state index contributed by atoms with van der Waals surface area (Å²) in [5, 5.41) is 13.3. The number of amides is 1. The van der Waals surface area contributed by atoms with Crippen molar-refractivity contribution in [2.45, 2.75) is 0 Å². The van der Waals surface area contributed by atoms with E-state index in [0.717, 1.165) is 0 Å². The molecule has 9 heteroatoms. The van der Waals surface area contributed by atoms with Crippen LogP contribution >= 0.6 is 27.5 Å². The van der Waals surface area contributed by atoms with Gasteiger partial charge in [-0.15, -0.1) is 0 Å². The Morgan fingerprint density at radius 2 is 2.26 bits per heavy atom. The number of halogens is 2. The average Bonchev–Trinajstić information content (AvgIpc) is 2.83. The van der Waals surface area contributed by atoms with E-state index < -0.39 is 10.8 Å². The van der Waals surface area contributed by atoms with Gasteiger partial charge in [0.15, 0.2) is 5.69 Å². The van der Waals surface area contributed by atoms with E-state index in [1.54, 1.807) is 6.07 Å². The van der Waals surface area contributed by atoms with E-state index in [4.69, 9.17) is 11.6 Å². The summed E-state index contributed by atoms with van der Waals surface area (Å²) in [6.45, 7) is 0. The quantitative estimate of drug-likeness (QED) is 0.507. The molecule has 0 aliphatic heterocycles. The van der Waals surface area contributed by atoms with Crippen LogP contribution in [0.15, 0.2) is 28.9 Å². The molecule has 2 N–H and O–H groups in total. The van der Waals surface area contributed by atoms with Gasteiger partial charge in [0.25, 0.3) is 5.91 Å². The number of nitrogens with zero attached hydrogens (tertiary/aromatic N) is 2. The summed E-state index contributed by atoms with van der Waals surface area (Å²) in [7, 11) is 0. The Balaban J connectivity index is 2.15. The van der Waals surface area contributed by atoms with Crippen molar-refractivity contribution in [1.29, 1.82) is 0 Å². The van der Waals surface area contributed by atoms with E-state index in [2.05, 4.69) is 31.2 Å². The van der Waals surface area contributed by atoms with E-state index in [0.29, 0.717) is 10.2 Å². The highest BCUT2D eigenvalue weighted by atomic mass is 79.9. The number of hydrogen-bond acceptors (Lipinski definition) is 4. The lowest BCUT2D eigenvalue weighted by atomic mass is 10.3. The normalized spacial score (nSPS) is 10.2. The Labute approximate surface area is 120 Å². The first-order chi connectivity index (χ1) is 8.97. The van der Waals surface area contributed by atoms with Crippen molar-refractivity contribution in [3.8, 4) is 0 Å². The molecule has 19 heavy (non-hydrogen) atoms. The van der Waals surface area contributed by atoms with Gasteiger partial charge in [0.05, 0.1) is 16.4 Å². The number of H-pyrrole nitrogens is 1. The third kappa shape index (κ3) is 3.09. The fraction of sp³-hybridized carbons (Fsp3) is 0. The van der Waals surface area contributed by atoms with Crippen LogP contribution in [0.25, 0.3) is 0 Å². The number of carbonyl (C=O) groups excluding carboxylic acids is 1. The molecule has 0 saturated heterocycles. The maximum Gasteiger partial charge on any atom is 0.321 e. The Morgan fingerprint density at radius 3 is 2.84 bits per heavy atom. The first-order valence-corrected chi connectivity index (χ1v) is 6.10. The number of carbonyl (C=O) groups is 1. The Hall–Kier alpha value is -1.93. The van der Waals surface area contributed by atoms with E-state index in [1.807, 2.05) is 0 Å². The molecular formula is C10H6BrClN4O3. The number of aromatic amines is 1. The Bertz CT molecular complexity index is 658. The molecule has 2 aromatic heterocycles. The van der Waals surface area contributed by atoms with Gasteiger partial charge in [0, 0.05) is 6.07 Å². The van der Waals surface area contributed by atoms with Gasteiger partial charge in [0.1, 0.15) is 5.15 Å². The second-order valence-corrected chi connectivity index (χ2v) is 4.68. The van der Waals surface area contributed by atoms with Crippen LogP contribution in [0.5, 0.6) is 0 Å². The van der Waals surface area contributed by atoms with Crippen molar-refractivity contribution in [1.82, 2.24) is 9.97 Å². The molecule has 2 rings (SSSR count). The van der Waals surface area contributed by atoms with E-state index in [-0.39, 0.29) is 16.7 Å². The maximum absolute atomic E-state index is 11.8. The lowest BCUT2D eigenvalue weighted by Gasteiger charge is -2.03. The molecular weight excluding hydrogens is 339 g/mol. The molecule has 0 unspecified atom stereocenters. The predicted octanol–water partition coefficient (Wildman–Crippen LogP) is 2.99. The zero-order valence-electron chi connectivity index (χ0n) is 9.18. The average molecular weight is 346 g/mol. The van der Waals surface area contributed by atoms with Gasteiger partial charge in [-0.3, -0.25) is 4.79 Å². The molecule has 0 bridgehead atoms. The molecule has 2 aromatic rings. The zero-order valence-corrected chi connectivity index (χ0v) is 11.5. The van der Waals surface area contributed by atoms with Crippen LogP contribution in [0.2, 0.25) is 5.15 Å². The summed E-state index contributed by atoms with van der Waals surface area (Å²) in [5.41, 5.74) is 0.497. The molecule has 0 saturated carbocycles. The Kier molecular flexibility index (Phi) is 3.82. The molecule has 0 aliphatic carbocycles. The molecule has 0 aliphatic rings. The van der Waals surface area contributed by atoms with Gasteiger partial charge in [0.2, 0.25) is 0 Å². The number of hydrogen-bond donors (Lipinski definition) is 2. The van der Waals surface area contributed by atoms with Gasteiger partial charge in [-0.1, -0.05) is 11.6 Å². The summed E-state index contributed by atoms with van der Waals surface area (Å²) in [5.74, 6) is -0.760. The van der Waals surface area contributed by atoms with Crippen molar-refractivity contribution < 1.29 is 9.72 Å². The van der Waals surface area contributed by atoms with Crippen LogP contribution in [0.1, 0.15) is 10.5 Å². The van der Waals surface area contributed by atoms with Crippen LogP contribution in [0.4, 0.5) is 11.5 Å². The van der Waals surface area contributed by atoms with Crippen molar-refractivity contribution in [3.63, 3.8) is 0 Å². The number of rotatable bonds is 3. The molecule has 0 spiro atoms. The number of nitrogens with one attached hydrogen (secondary N) is 2. The minimum atomic E-state index is -0.614. The fourth-order valence-corrected chi connectivity index (χ4v) is 1.76. The zero-order chi connectivity index (χ0) is 14.0. The topological polar surface area (TPSA) is 101 Å². The highest BCUT2D eigenvalue weighted by Crippen LogP contribution is 2.23. The van der Waals surface area contributed by atoms with Gasteiger partial charge in [-0.25, -0.2) is 9.97 Å². The number of anilines is 1. The summed E-state index contributed by atoms with van der Waals surface area (Å²) < 4.78 is 0.532. The van der Waals surface area contributed by atoms with Crippen molar-refractivity contribution in [2.75, 3.05) is 5.32 Å². The van der Waals surface area contributed by atoms with Crippen molar-refractivity contribution in [3.05, 3.63) is 49.8 Å². The molecule has 0 radical (unpaired) electrons. The van der Waals surface area contributed by atoms with Crippen LogP contribution in [-0.4, -0.2) is 20.8 Å². The molecule has 7 nitrogen and oxygen atoms in total. The van der Waals surface area contributed by atoms with E-state index in [9.17, 15) is 14.9 Å². The van der Waals surface area contributed by atoms with E-state index >= 15 is 0 Å². The molecule has 0 fully saturated rings. The van der Waals surface area contributed by atoms with Crippen molar-refractivity contribution in [2.24, 2.45) is 0 Å². The summed E-state index contributed by atoms with van der Waals surface area (Å²) in [4.78, 5) is 27.9. The van der Waals surface area contributed by atoms with Crippen LogP contribution < -0.4 is 5.32 Å². The minimum absolute atomic E-state index is 0.0813. The van der Waals surface area contributed by atoms with E-state index in [1.165, 1.54) is 18.3 Å². The first-order valence-electron chi connectivity index (χ1n) is 4.93. The SMILES string of the molecule is O=C(Nc1cnc(Cl)c(Br)c1)c1ccc([N+](=O)[O-])[nH]1. The number of pyridine rings is 1. The molecule has 1 amide bonds. The molecule has 0 aromatic carbocycles. The lowest BCUT2D eigenvalue weighted by Crippen LogP contribution is -2.12. The first kappa shape index (κ1) is 13.5. The summed E-state index contributed by atoms with van der Waals surface area (Å²) in [6.07, 6.45) is 1.38. The molecule has 0 atom stereocenters. The predicted molar refractivity (Wildman–Crippen MR) is 72.3 cm³/mol. The summed E-state index contributed by atoms with van der Waals surface area (Å²) >= 11 is 8.89. The third-order valence-corrected chi connectivity index (χ3v) is 3.30. The van der Waals surface area contributed by atoms with Gasteiger partial charge in [-0.2, -0.15) is 0 Å². The molecule has 98 valence electrons. The van der Waals surface area contributed by atoms with Crippen LogP contribution in [0, 0.1) is 10.1 Å². The second-order valence-electron chi connectivity index (χ2n) is 3.47. The molecule has 2 heterocycles. The van der Waals surface area contributed by atoms with Crippen LogP contribution in [-0.2, 0) is 0 Å². The van der Waals surface area contributed by atoms with Gasteiger partial charge >= 0.3 is 5.82 Å². The van der Waals surface area contributed by atoms with Crippen LogP contribution in [0.3, 0.4) is 0 Å². The third-order valence-electron chi connectivity index (χ3n) is 2.17. The number of aromatic nitrogens is 2. The number of nitro groups is 1. The van der Waals surface area contributed by atoms with Gasteiger partial charge < -0.3 is 15.4 Å². The monoisotopic (exact) mass is 344 g/mol. The largest absolute Gasteiger partial charge is 0.358 e. The minimum Gasteiger partial charge on any atom is -0.358 e. The lowest BCUT2D eigenvalue weighted by molar-refractivity contribution is -0.389. The second kappa shape index (κ2) is 5.37. The van der Waals surface area contributed by atoms with Crippen molar-refractivity contribution >= 4 is 44.9 Å². The highest BCUT2D eigenvalue weighted by molar-refractivity contribution is 9.10. The van der Waals surface area contributed by atoms with Gasteiger partial charge in [-0.05, 0) is 33.0 Å². The summed E-state index contributed by atoms with van der Waals surface area (Å²) in [6, 6.07) is 4.11. The fourth-order valence-electron chi connectivity index (χ4n) is 1.31. The maximum atomic E-state index is 11.8.